The van der Waals surface area contributed by atoms with Crippen LogP contribution < -0.4 is 0 Å². The lowest BCUT2D eigenvalue weighted by Crippen LogP contribution is -2.39. The number of nitrogens with zero attached hydrogens (tertiary/aromatic N) is 1. The van der Waals surface area contributed by atoms with Crippen molar-refractivity contribution in [1.82, 2.24) is 4.90 Å². The Kier molecular flexibility index (Phi) is 4.71. The number of hydrogen-bond donors (Lipinski definition) is 1. The molecule has 2 fully saturated rings. The normalized spacial score (nSPS) is 29.4. The number of rotatable bonds is 4. The van der Waals surface area contributed by atoms with Crippen LogP contribution in [0.3, 0.4) is 0 Å². The van der Waals surface area contributed by atoms with Crippen LogP contribution in [0.15, 0.2) is 0 Å². The van der Waals surface area contributed by atoms with E-state index in [1.807, 2.05) is 4.90 Å². The predicted octanol–water partition coefficient (Wildman–Crippen LogP) is 2.92. The first kappa shape index (κ1) is 15.3. The highest BCUT2D eigenvalue weighted by atomic mass is 16.4. The molecule has 0 bridgehead atoms. The number of likely N-dealkylation sites (tertiary alicyclic amines) is 1. The zero-order chi connectivity index (χ0) is 14.8. The summed E-state index contributed by atoms with van der Waals surface area (Å²) in [5.41, 5.74) is 0.302. The minimum atomic E-state index is -0.736. The minimum Gasteiger partial charge on any atom is -0.481 e. The van der Waals surface area contributed by atoms with Gasteiger partial charge in [0.25, 0.3) is 0 Å². The standard InChI is InChI=1S/C16H27NO3/c1-3-16(4-2)8-9-17(11-16)14(18)12-6-5-7-13(10-12)15(19)20/h12-13H,3-11H2,1-2H3,(H,19,20). The lowest BCUT2D eigenvalue weighted by atomic mass is 9.80. The first-order valence-corrected chi connectivity index (χ1v) is 8.03. The van der Waals surface area contributed by atoms with Gasteiger partial charge in [-0.3, -0.25) is 9.59 Å². The number of carboxylic acids is 1. The second-order valence-corrected chi connectivity index (χ2v) is 6.62. The lowest BCUT2D eigenvalue weighted by molar-refractivity contribution is -0.145. The van der Waals surface area contributed by atoms with E-state index in [2.05, 4.69) is 13.8 Å². The van der Waals surface area contributed by atoms with Gasteiger partial charge < -0.3 is 10.0 Å². The van der Waals surface area contributed by atoms with E-state index in [0.717, 1.165) is 51.6 Å². The summed E-state index contributed by atoms with van der Waals surface area (Å²) in [7, 11) is 0. The van der Waals surface area contributed by atoms with Crippen molar-refractivity contribution >= 4 is 11.9 Å². The Bertz CT molecular complexity index is 376. The summed E-state index contributed by atoms with van der Waals surface area (Å²) >= 11 is 0. The molecule has 1 aliphatic heterocycles. The van der Waals surface area contributed by atoms with Gasteiger partial charge in [0.2, 0.25) is 5.91 Å². The summed E-state index contributed by atoms with van der Waals surface area (Å²) in [4.78, 5) is 25.7. The number of carbonyl (C=O) groups excluding carboxylic acids is 1. The van der Waals surface area contributed by atoms with Gasteiger partial charge in [-0.1, -0.05) is 20.3 Å². The van der Waals surface area contributed by atoms with Crippen molar-refractivity contribution in [3.05, 3.63) is 0 Å². The molecule has 1 heterocycles. The second-order valence-electron chi connectivity index (χ2n) is 6.62. The average Bonchev–Trinajstić information content (AvgIpc) is 2.91. The first-order valence-electron chi connectivity index (χ1n) is 8.03. The molecular formula is C16H27NO3. The summed E-state index contributed by atoms with van der Waals surface area (Å²) < 4.78 is 0. The summed E-state index contributed by atoms with van der Waals surface area (Å²) in [5, 5.41) is 9.14. The molecule has 1 saturated heterocycles. The van der Waals surface area contributed by atoms with Crippen molar-refractivity contribution in [2.75, 3.05) is 13.1 Å². The highest BCUT2D eigenvalue weighted by Gasteiger charge is 2.40. The van der Waals surface area contributed by atoms with Gasteiger partial charge >= 0.3 is 5.97 Å². The zero-order valence-corrected chi connectivity index (χ0v) is 12.7. The Hall–Kier alpha value is -1.06. The zero-order valence-electron chi connectivity index (χ0n) is 12.7. The van der Waals surface area contributed by atoms with Crippen LogP contribution in [0.5, 0.6) is 0 Å². The van der Waals surface area contributed by atoms with Gasteiger partial charge in [-0.25, -0.2) is 0 Å². The molecule has 2 aliphatic rings. The van der Waals surface area contributed by atoms with E-state index in [0.29, 0.717) is 11.8 Å². The van der Waals surface area contributed by atoms with Crippen molar-refractivity contribution < 1.29 is 14.7 Å². The molecule has 1 saturated carbocycles. The molecule has 20 heavy (non-hydrogen) atoms. The van der Waals surface area contributed by atoms with Gasteiger partial charge in [-0.2, -0.15) is 0 Å². The Morgan fingerprint density at radius 3 is 2.40 bits per heavy atom. The molecule has 4 heteroatoms. The molecular weight excluding hydrogens is 254 g/mol. The Labute approximate surface area is 121 Å². The largest absolute Gasteiger partial charge is 0.481 e. The van der Waals surface area contributed by atoms with Crippen molar-refractivity contribution in [3.8, 4) is 0 Å². The molecule has 2 atom stereocenters. The molecule has 0 aromatic carbocycles. The number of aliphatic carboxylic acids is 1. The Morgan fingerprint density at radius 2 is 1.85 bits per heavy atom. The molecule has 0 aromatic heterocycles. The molecule has 2 unspecified atom stereocenters. The number of hydrogen-bond acceptors (Lipinski definition) is 2. The van der Waals surface area contributed by atoms with Crippen LogP contribution in [-0.2, 0) is 9.59 Å². The predicted molar refractivity (Wildman–Crippen MR) is 77.3 cm³/mol. The summed E-state index contributed by atoms with van der Waals surface area (Å²) in [6.07, 6.45) is 6.34. The monoisotopic (exact) mass is 281 g/mol. The van der Waals surface area contributed by atoms with E-state index < -0.39 is 5.97 Å². The van der Waals surface area contributed by atoms with E-state index in [4.69, 9.17) is 5.11 Å². The fourth-order valence-electron chi connectivity index (χ4n) is 3.85. The molecule has 114 valence electrons. The van der Waals surface area contributed by atoms with E-state index >= 15 is 0 Å². The van der Waals surface area contributed by atoms with Gasteiger partial charge in [0.1, 0.15) is 0 Å². The van der Waals surface area contributed by atoms with Crippen LogP contribution in [0.1, 0.15) is 58.8 Å². The van der Waals surface area contributed by atoms with Crippen molar-refractivity contribution in [1.29, 1.82) is 0 Å². The van der Waals surface area contributed by atoms with Gasteiger partial charge in [0.15, 0.2) is 0 Å². The molecule has 4 nitrogen and oxygen atoms in total. The molecule has 2 rings (SSSR count). The van der Waals surface area contributed by atoms with E-state index in [1.54, 1.807) is 0 Å². The van der Waals surface area contributed by atoms with Crippen molar-refractivity contribution in [2.45, 2.75) is 58.8 Å². The third-order valence-corrected chi connectivity index (χ3v) is 5.62. The molecule has 0 aromatic rings. The summed E-state index contributed by atoms with van der Waals surface area (Å²) in [5.74, 6) is -0.906. The lowest BCUT2D eigenvalue weighted by Gasteiger charge is -2.31. The smallest absolute Gasteiger partial charge is 0.306 e. The van der Waals surface area contributed by atoms with Crippen molar-refractivity contribution in [2.24, 2.45) is 17.3 Å². The summed E-state index contributed by atoms with van der Waals surface area (Å²) in [6, 6.07) is 0. The fraction of sp³-hybridized carbons (Fsp3) is 0.875. The molecule has 1 aliphatic carbocycles. The number of carbonyl (C=O) groups is 2. The van der Waals surface area contributed by atoms with Crippen LogP contribution in [0.2, 0.25) is 0 Å². The van der Waals surface area contributed by atoms with Crippen LogP contribution in [0, 0.1) is 17.3 Å². The second kappa shape index (κ2) is 6.15. The maximum atomic E-state index is 12.6. The maximum absolute atomic E-state index is 12.6. The molecule has 1 amide bonds. The third-order valence-electron chi connectivity index (χ3n) is 5.62. The highest BCUT2D eigenvalue weighted by molar-refractivity contribution is 5.80. The molecule has 1 N–H and O–H groups in total. The fourth-order valence-corrected chi connectivity index (χ4v) is 3.85. The summed E-state index contributed by atoms with van der Waals surface area (Å²) in [6.45, 7) is 6.14. The molecule has 0 spiro atoms. The average molecular weight is 281 g/mol. The van der Waals surface area contributed by atoms with Gasteiger partial charge in [0, 0.05) is 19.0 Å². The maximum Gasteiger partial charge on any atom is 0.306 e. The number of amides is 1. The van der Waals surface area contributed by atoms with Gasteiger partial charge in [0.05, 0.1) is 5.92 Å². The van der Waals surface area contributed by atoms with E-state index in [1.165, 1.54) is 0 Å². The van der Waals surface area contributed by atoms with Crippen LogP contribution in [-0.4, -0.2) is 35.0 Å². The Morgan fingerprint density at radius 1 is 1.20 bits per heavy atom. The first-order chi connectivity index (χ1) is 9.51. The van der Waals surface area contributed by atoms with Gasteiger partial charge in [-0.05, 0) is 43.9 Å². The van der Waals surface area contributed by atoms with E-state index in [9.17, 15) is 9.59 Å². The quantitative estimate of drug-likeness (QED) is 0.862. The van der Waals surface area contributed by atoms with Crippen molar-refractivity contribution in [3.63, 3.8) is 0 Å². The highest BCUT2D eigenvalue weighted by Crippen LogP contribution is 2.39. The number of carboxylic acid groups (broad SMARTS) is 1. The Balaban J connectivity index is 1.96. The third kappa shape index (κ3) is 2.99. The topological polar surface area (TPSA) is 57.6 Å². The van der Waals surface area contributed by atoms with Crippen LogP contribution in [0.25, 0.3) is 0 Å². The van der Waals surface area contributed by atoms with E-state index in [-0.39, 0.29) is 17.7 Å². The minimum absolute atomic E-state index is 0.0608. The van der Waals surface area contributed by atoms with Crippen LogP contribution >= 0.6 is 0 Å². The SMILES string of the molecule is CCC1(CC)CCN(C(=O)C2CCCC(C(=O)O)C2)C1. The molecule has 0 radical (unpaired) electrons. The van der Waals surface area contributed by atoms with Gasteiger partial charge in [-0.15, -0.1) is 0 Å². The van der Waals surface area contributed by atoms with Crippen LogP contribution in [0.4, 0.5) is 0 Å².